The van der Waals surface area contributed by atoms with Gasteiger partial charge in [-0.2, -0.15) is 0 Å². The van der Waals surface area contributed by atoms with Crippen molar-refractivity contribution in [1.29, 1.82) is 0 Å². The number of carbonyl (C=O) groups is 1. The summed E-state index contributed by atoms with van der Waals surface area (Å²) in [5, 5.41) is 3.47. The number of hydrogen-bond donors (Lipinski definition) is 1. The van der Waals surface area contributed by atoms with Crippen LogP contribution < -0.4 is 10.9 Å². The molecule has 1 N–H and O–H groups in total. The molecule has 0 spiro atoms. The van der Waals surface area contributed by atoms with Crippen molar-refractivity contribution in [1.82, 2.24) is 19.8 Å². The Morgan fingerprint density at radius 2 is 2.00 bits per heavy atom. The minimum Gasteiger partial charge on any atom is -0.355 e. The molecule has 124 valence electrons. The topological polar surface area (TPSA) is 67.2 Å². The van der Waals surface area contributed by atoms with Gasteiger partial charge in [0.1, 0.15) is 0 Å². The Morgan fingerprint density at radius 3 is 2.74 bits per heavy atom. The first-order valence-corrected chi connectivity index (χ1v) is 8.09. The number of nitrogens with one attached hydrogen (secondary N) is 1. The molecule has 2 aromatic rings. The predicted octanol–water partition coefficient (Wildman–Crippen LogP) is 1.24. The third kappa shape index (κ3) is 4.63. The molecule has 23 heavy (non-hydrogen) atoms. The van der Waals surface area contributed by atoms with Gasteiger partial charge < -0.3 is 10.2 Å². The molecule has 2 rings (SSSR count). The summed E-state index contributed by atoms with van der Waals surface area (Å²) in [5.74, 6) is -0.0442. The fraction of sp³-hybridized carbons (Fsp3) is 0.471. The van der Waals surface area contributed by atoms with E-state index in [0.29, 0.717) is 24.0 Å². The van der Waals surface area contributed by atoms with Crippen molar-refractivity contribution in [3.63, 3.8) is 0 Å². The largest absolute Gasteiger partial charge is 0.355 e. The van der Waals surface area contributed by atoms with Crippen molar-refractivity contribution < 1.29 is 4.79 Å². The van der Waals surface area contributed by atoms with Crippen LogP contribution in [0.25, 0.3) is 10.9 Å². The molecule has 0 aliphatic carbocycles. The zero-order valence-corrected chi connectivity index (χ0v) is 13.8. The van der Waals surface area contributed by atoms with Crippen molar-refractivity contribution in [3.05, 3.63) is 40.9 Å². The van der Waals surface area contributed by atoms with Crippen molar-refractivity contribution in [2.45, 2.75) is 26.8 Å². The minimum atomic E-state index is -0.105. The quantitative estimate of drug-likeness (QED) is 0.796. The number of nitrogens with zero attached hydrogens (tertiary/aromatic N) is 3. The van der Waals surface area contributed by atoms with E-state index in [4.69, 9.17) is 0 Å². The number of para-hydroxylation sites is 1. The van der Waals surface area contributed by atoms with E-state index in [1.165, 1.54) is 10.9 Å². The molecule has 1 amide bonds. The summed E-state index contributed by atoms with van der Waals surface area (Å²) in [4.78, 5) is 30.7. The van der Waals surface area contributed by atoms with E-state index in [9.17, 15) is 9.59 Å². The summed E-state index contributed by atoms with van der Waals surface area (Å²) in [5.41, 5.74) is 0.573. The maximum Gasteiger partial charge on any atom is 0.261 e. The molecule has 0 saturated heterocycles. The van der Waals surface area contributed by atoms with Crippen LogP contribution in [0.5, 0.6) is 0 Å². The molecule has 6 heteroatoms. The van der Waals surface area contributed by atoms with E-state index in [1.54, 1.807) is 12.1 Å². The lowest BCUT2D eigenvalue weighted by molar-refractivity contribution is -0.121. The van der Waals surface area contributed by atoms with E-state index in [-0.39, 0.29) is 17.9 Å². The van der Waals surface area contributed by atoms with Gasteiger partial charge in [-0.25, -0.2) is 4.98 Å². The number of rotatable bonds is 8. The molecule has 0 aliphatic rings. The molecule has 0 saturated carbocycles. The number of aryl methyl sites for hydroxylation is 1. The Hall–Kier alpha value is -2.21. The average molecular weight is 316 g/mol. The third-order valence-corrected chi connectivity index (χ3v) is 3.96. The second-order valence-electron chi connectivity index (χ2n) is 5.39. The van der Waals surface area contributed by atoms with Gasteiger partial charge in [-0.1, -0.05) is 26.0 Å². The Bertz CT molecular complexity index is 707. The normalized spacial score (nSPS) is 11.1. The van der Waals surface area contributed by atoms with Gasteiger partial charge in [0.05, 0.1) is 17.2 Å². The summed E-state index contributed by atoms with van der Waals surface area (Å²) in [6, 6.07) is 7.23. The summed E-state index contributed by atoms with van der Waals surface area (Å²) in [6.45, 7) is 7.97. The monoisotopic (exact) mass is 316 g/mol. The van der Waals surface area contributed by atoms with Crippen LogP contribution in [0.1, 0.15) is 20.3 Å². The predicted molar refractivity (Wildman–Crippen MR) is 91.4 cm³/mol. The molecule has 0 bridgehead atoms. The highest BCUT2D eigenvalue weighted by atomic mass is 16.1. The van der Waals surface area contributed by atoms with Gasteiger partial charge in [0.25, 0.3) is 5.56 Å². The molecule has 0 aliphatic heterocycles. The van der Waals surface area contributed by atoms with Gasteiger partial charge >= 0.3 is 0 Å². The fourth-order valence-corrected chi connectivity index (χ4v) is 2.47. The van der Waals surface area contributed by atoms with Crippen molar-refractivity contribution in [3.8, 4) is 0 Å². The maximum absolute atomic E-state index is 12.3. The van der Waals surface area contributed by atoms with Crippen LogP contribution in [0, 0.1) is 0 Å². The summed E-state index contributed by atoms with van der Waals surface area (Å²) >= 11 is 0. The number of aromatic nitrogens is 2. The first kappa shape index (κ1) is 17.1. The molecule has 6 nitrogen and oxygen atoms in total. The molecule has 1 heterocycles. The molecule has 0 fully saturated rings. The lowest BCUT2D eigenvalue weighted by Crippen LogP contribution is -2.35. The van der Waals surface area contributed by atoms with E-state index < -0.39 is 0 Å². The summed E-state index contributed by atoms with van der Waals surface area (Å²) < 4.78 is 1.49. The molecule has 1 aromatic carbocycles. The van der Waals surface area contributed by atoms with Crippen LogP contribution in [0.3, 0.4) is 0 Å². The smallest absolute Gasteiger partial charge is 0.261 e. The van der Waals surface area contributed by atoms with E-state index in [2.05, 4.69) is 29.0 Å². The Morgan fingerprint density at radius 1 is 1.26 bits per heavy atom. The standard InChI is InChI=1S/C17H24N4O2/c1-3-20(4-2)12-10-18-16(22)9-11-21-13-19-15-8-6-5-7-14(15)17(21)23/h5-8,13H,3-4,9-12H2,1-2H3,(H,18,22). The second kappa shape index (κ2) is 8.43. The fourth-order valence-electron chi connectivity index (χ4n) is 2.47. The number of likely N-dealkylation sites (N-methyl/N-ethyl adjacent to an activating group) is 1. The van der Waals surface area contributed by atoms with Crippen molar-refractivity contribution in [2.24, 2.45) is 0 Å². The number of hydrogen-bond acceptors (Lipinski definition) is 4. The van der Waals surface area contributed by atoms with E-state index in [0.717, 1.165) is 19.6 Å². The van der Waals surface area contributed by atoms with Crippen LogP contribution in [-0.4, -0.2) is 46.5 Å². The highest BCUT2D eigenvalue weighted by molar-refractivity contribution is 5.77. The van der Waals surface area contributed by atoms with Crippen molar-refractivity contribution >= 4 is 16.8 Å². The van der Waals surface area contributed by atoms with Gasteiger partial charge in [0.15, 0.2) is 0 Å². The third-order valence-electron chi connectivity index (χ3n) is 3.96. The maximum atomic E-state index is 12.3. The molecule has 0 unspecified atom stereocenters. The number of amides is 1. The second-order valence-corrected chi connectivity index (χ2v) is 5.39. The van der Waals surface area contributed by atoms with E-state index >= 15 is 0 Å². The molecule has 0 radical (unpaired) electrons. The van der Waals surface area contributed by atoms with E-state index in [1.807, 2.05) is 12.1 Å². The summed E-state index contributed by atoms with van der Waals surface area (Å²) in [6.07, 6.45) is 1.78. The lowest BCUT2D eigenvalue weighted by atomic mass is 10.2. The Balaban J connectivity index is 1.87. The number of fused-ring (bicyclic) bond motifs is 1. The van der Waals surface area contributed by atoms with Crippen LogP contribution in [0.15, 0.2) is 35.4 Å². The van der Waals surface area contributed by atoms with Gasteiger partial charge in [0.2, 0.25) is 5.91 Å². The van der Waals surface area contributed by atoms with Crippen molar-refractivity contribution in [2.75, 3.05) is 26.2 Å². The lowest BCUT2D eigenvalue weighted by Gasteiger charge is -2.17. The first-order chi connectivity index (χ1) is 11.2. The highest BCUT2D eigenvalue weighted by Gasteiger charge is 2.06. The summed E-state index contributed by atoms with van der Waals surface area (Å²) in [7, 11) is 0. The van der Waals surface area contributed by atoms with Gasteiger partial charge in [-0.15, -0.1) is 0 Å². The Kier molecular flexibility index (Phi) is 6.29. The van der Waals surface area contributed by atoms with Crippen LogP contribution >= 0.6 is 0 Å². The average Bonchev–Trinajstić information content (AvgIpc) is 2.58. The Labute approximate surface area is 136 Å². The minimum absolute atomic E-state index is 0.0442. The SMILES string of the molecule is CCN(CC)CCNC(=O)CCn1cnc2ccccc2c1=O. The van der Waals surface area contributed by atoms with Crippen LogP contribution in [0.4, 0.5) is 0 Å². The molecular formula is C17H24N4O2. The zero-order chi connectivity index (χ0) is 16.7. The highest BCUT2D eigenvalue weighted by Crippen LogP contribution is 2.04. The van der Waals surface area contributed by atoms with Gasteiger partial charge in [-0.05, 0) is 25.2 Å². The van der Waals surface area contributed by atoms with Gasteiger partial charge in [0, 0.05) is 26.1 Å². The van der Waals surface area contributed by atoms with Gasteiger partial charge in [-0.3, -0.25) is 14.2 Å². The molecule has 1 aromatic heterocycles. The molecular weight excluding hydrogens is 292 g/mol. The number of benzene rings is 1. The zero-order valence-electron chi connectivity index (χ0n) is 13.8. The number of carbonyl (C=O) groups excluding carboxylic acids is 1. The van der Waals surface area contributed by atoms with Crippen LogP contribution in [-0.2, 0) is 11.3 Å². The first-order valence-electron chi connectivity index (χ1n) is 8.09. The molecule has 0 atom stereocenters. The van der Waals surface area contributed by atoms with Crippen LogP contribution in [0.2, 0.25) is 0 Å².